The number of thioether (sulfide) groups is 1. The summed E-state index contributed by atoms with van der Waals surface area (Å²) in [6.45, 7) is 4.91. The number of carbonyl (C=O) groups excluding carboxylic acids is 3. The van der Waals surface area contributed by atoms with E-state index in [4.69, 9.17) is 0 Å². The molecule has 0 radical (unpaired) electrons. The van der Waals surface area contributed by atoms with E-state index >= 15 is 0 Å². The molecular weight excluding hydrogens is 516 g/mol. The van der Waals surface area contributed by atoms with Crippen LogP contribution in [0.1, 0.15) is 36.6 Å². The molecule has 9 heteroatoms. The molecule has 0 saturated carbocycles. The van der Waals surface area contributed by atoms with E-state index in [2.05, 4.69) is 15.2 Å². The Morgan fingerprint density at radius 3 is 2.39 bits per heavy atom. The minimum Gasteiger partial charge on any atom is -0.336 e. The smallest absolute Gasteiger partial charge is 0.256 e. The molecule has 7 nitrogen and oxygen atoms in total. The fourth-order valence-electron chi connectivity index (χ4n) is 4.24. The molecule has 5 rings (SSSR count). The molecule has 1 saturated heterocycles. The van der Waals surface area contributed by atoms with Gasteiger partial charge in [0, 0.05) is 37.4 Å². The van der Waals surface area contributed by atoms with Crippen LogP contribution in [0.4, 0.5) is 5.69 Å². The summed E-state index contributed by atoms with van der Waals surface area (Å²) in [5, 5.41) is 2.94. The molecule has 38 heavy (non-hydrogen) atoms. The van der Waals surface area contributed by atoms with Crippen LogP contribution >= 0.6 is 23.1 Å². The molecule has 4 aromatic rings. The Kier molecular flexibility index (Phi) is 7.87. The summed E-state index contributed by atoms with van der Waals surface area (Å²) in [5.74, 6) is -0.0780. The number of ketones is 1. The largest absolute Gasteiger partial charge is 0.336 e. The van der Waals surface area contributed by atoms with Crippen molar-refractivity contribution in [3.8, 4) is 0 Å². The third-order valence-corrected chi connectivity index (χ3v) is 8.68. The lowest BCUT2D eigenvalue weighted by molar-refractivity contribution is 0.0660. The molecule has 194 valence electrons. The van der Waals surface area contributed by atoms with E-state index in [-0.39, 0.29) is 17.6 Å². The summed E-state index contributed by atoms with van der Waals surface area (Å²) in [6, 6.07) is 20.1. The Morgan fingerprint density at radius 2 is 1.66 bits per heavy atom. The van der Waals surface area contributed by atoms with Crippen LogP contribution in [-0.4, -0.2) is 71.4 Å². The van der Waals surface area contributed by atoms with Crippen molar-refractivity contribution >= 4 is 56.6 Å². The maximum Gasteiger partial charge on any atom is 0.256 e. The highest BCUT2D eigenvalue weighted by Gasteiger charge is 2.24. The van der Waals surface area contributed by atoms with Crippen LogP contribution in [0.15, 0.2) is 71.1 Å². The number of benzene rings is 3. The van der Waals surface area contributed by atoms with Crippen molar-refractivity contribution < 1.29 is 14.4 Å². The number of nitrogens with one attached hydrogen (secondary N) is 1. The van der Waals surface area contributed by atoms with Crippen molar-refractivity contribution in [3.63, 3.8) is 0 Å². The van der Waals surface area contributed by atoms with Crippen LogP contribution in [-0.2, 0) is 0 Å². The summed E-state index contributed by atoms with van der Waals surface area (Å²) >= 11 is 2.90. The predicted octanol–water partition coefficient (Wildman–Crippen LogP) is 5.22. The number of carbonyl (C=O) groups is 3. The van der Waals surface area contributed by atoms with Crippen LogP contribution < -0.4 is 5.32 Å². The van der Waals surface area contributed by atoms with Gasteiger partial charge < -0.3 is 15.1 Å². The van der Waals surface area contributed by atoms with Crippen molar-refractivity contribution in [2.75, 3.05) is 44.3 Å². The number of aryl methyl sites for hydroxylation is 1. The summed E-state index contributed by atoms with van der Waals surface area (Å²) in [7, 11) is 2.04. The molecule has 1 fully saturated rings. The molecule has 1 aliphatic rings. The Labute approximate surface area is 229 Å². The summed E-state index contributed by atoms with van der Waals surface area (Å²) in [5.41, 5.74) is 4.01. The number of hydrogen-bond donors (Lipinski definition) is 1. The van der Waals surface area contributed by atoms with Crippen molar-refractivity contribution in [3.05, 3.63) is 89.0 Å². The van der Waals surface area contributed by atoms with E-state index in [1.54, 1.807) is 35.2 Å². The first-order valence-corrected chi connectivity index (χ1v) is 14.2. The van der Waals surface area contributed by atoms with E-state index in [1.807, 2.05) is 50.4 Å². The van der Waals surface area contributed by atoms with Gasteiger partial charge in [-0.3, -0.25) is 14.4 Å². The van der Waals surface area contributed by atoms with E-state index in [9.17, 15) is 14.4 Å². The average Bonchev–Trinajstić information content (AvgIpc) is 3.34. The predicted molar refractivity (Wildman–Crippen MR) is 154 cm³/mol. The highest BCUT2D eigenvalue weighted by Crippen LogP contribution is 2.32. The topological polar surface area (TPSA) is 82.6 Å². The summed E-state index contributed by atoms with van der Waals surface area (Å²) in [4.78, 5) is 47.5. The normalized spacial score (nSPS) is 14.0. The SMILES string of the molecule is Cc1ccc(C(=O)CSc2nc3ccc(NC(=O)c4ccccc4C(=O)N4CCN(C)CC4)cc3s2)cc1. The highest BCUT2D eigenvalue weighted by atomic mass is 32.2. The third-order valence-electron chi connectivity index (χ3n) is 6.52. The fourth-order valence-corrected chi connectivity index (χ4v) is 6.24. The first-order chi connectivity index (χ1) is 18.4. The Balaban J connectivity index is 1.26. The van der Waals surface area contributed by atoms with Gasteiger partial charge >= 0.3 is 0 Å². The van der Waals surface area contributed by atoms with Crippen LogP contribution in [0.25, 0.3) is 10.2 Å². The van der Waals surface area contributed by atoms with Gasteiger partial charge in [0.15, 0.2) is 10.1 Å². The Bertz CT molecular complexity index is 1490. The van der Waals surface area contributed by atoms with Gasteiger partial charge in [-0.15, -0.1) is 11.3 Å². The molecular formula is C29H28N4O3S2. The number of hydrogen-bond acceptors (Lipinski definition) is 7. The average molecular weight is 545 g/mol. The van der Waals surface area contributed by atoms with E-state index < -0.39 is 0 Å². The summed E-state index contributed by atoms with van der Waals surface area (Å²) in [6.07, 6.45) is 0. The second-order valence-electron chi connectivity index (χ2n) is 9.34. The first-order valence-electron chi connectivity index (χ1n) is 12.4. The molecule has 0 aliphatic carbocycles. The molecule has 1 N–H and O–H groups in total. The summed E-state index contributed by atoms with van der Waals surface area (Å²) < 4.78 is 1.71. The lowest BCUT2D eigenvalue weighted by Crippen LogP contribution is -2.47. The van der Waals surface area contributed by atoms with Crippen LogP contribution in [0.5, 0.6) is 0 Å². The molecule has 2 amide bonds. The lowest BCUT2D eigenvalue weighted by Gasteiger charge is -2.32. The molecule has 1 aliphatic heterocycles. The molecule has 1 aromatic heterocycles. The number of rotatable bonds is 7. The van der Waals surface area contributed by atoms with Gasteiger partial charge in [0.25, 0.3) is 11.8 Å². The van der Waals surface area contributed by atoms with Gasteiger partial charge in [0.05, 0.1) is 27.1 Å². The van der Waals surface area contributed by atoms with Gasteiger partial charge in [-0.25, -0.2) is 4.98 Å². The van der Waals surface area contributed by atoms with Crippen molar-refractivity contribution in [2.24, 2.45) is 0 Å². The second-order valence-corrected chi connectivity index (χ2v) is 11.6. The number of nitrogens with zero attached hydrogens (tertiary/aromatic N) is 3. The molecule has 0 atom stereocenters. The van der Waals surface area contributed by atoms with Crippen LogP contribution in [0, 0.1) is 6.92 Å². The zero-order chi connectivity index (χ0) is 26.6. The Morgan fingerprint density at radius 1 is 0.947 bits per heavy atom. The fraction of sp³-hybridized carbons (Fsp3) is 0.241. The van der Waals surface area contributed by atoms with Crippen molar-refractivity contribution in [1.29, 1.82) is 0 Å². The molecule has 0 spiro atoms. The van der Waals surface area contributed by atoms with E-state index in [0.717, 1.165) is 33.2 Å². The minimum absolute atomic E-state index is 0.0620. The molecule has 2 heterocycles. The number of anilines is 1. The molecule has 0 bridgehead atoms. The van der Waals surface area contributed by atoms with Gasteiger partial charge in [-0.05, 0) is 44.3 Å². The first kappa shape index (κ1) is 26.1. The number of fused-ring (bicyclic) bond motifs is 1. The molecule has 3 aromatic carbocycles. The lowest BCUT2D eigenvalue weighted by atomic mass is 10.0. The molecule has 0 unspecified atom stereocenters. The van der Waals surface area contributed by atoms with Gasteiger partial charge in [0.1, 0.15) is 0 Å². The maximum absolute atomic E-state index is 13.2. The third kappa shape index (κ3) is 5.96. The number of likely N-dealkylation sites (N-methyl/N-ethyl adjacent to an activating group) is 1. The van der Waals surface area contributed by atoms with Crippen molar-refractivity contribution in [2.45, 2.75) is 11.3 Å². The number of amides is 2. The highest BCUT2D eigenvalue weighted by molar-refractivity contribution is 8.01. The monoisotopic (exact) mass is 544 g/mol. The van der Waals surface area contributed by atoms with E-state index in [1.165, 1.54) is 23.1 Å². The zero-order valence-electron chi connectivity index (χ0n) is 21.3. The number of thiazole rings is 1. The van der Waals surface area contributed by atoms with Crippen LogP contribution in [0.3, 0.4) is 0 Å². The zero-order valence-corrected chi connectivity index (χ0v) is 22.9. The van der Waals surface area contributed by atoms with Gasteiger partial charge in [-0.2, -0.15) is 0 Å². The van der Waals surface area contributed by atoms with Crippen molar-refractivity contribution in [1.82, 2.24) is 14.8 Å². The number of piperazine rings is 1. The van der Waals surface area contributed by atoms with E-state index in [0.29, 0.717) is 41.2 Å². The van der Waals surface area contributed by atoms with Crippen LogP contribution in [0.2, 0.25) is 0 Å². The van der Waals surface area contributed by atoms with Gasteiger partial charge in [0.2, 0.25) is 0 Å². The Hall–Kier alpha value is -3.53. The number of Topliss-reactive ketones (excluding diaryl/α,β-unsaturated/α-hetero) is 1. The standard InChI is InChI=1S/C29H28N4O3S2/c1-19-7-9-20(10-8-19)25(34)18-37-29-31-24-12-11-21(17-26(24)38-29)30-27(35)22-5-3-4-6-23(22)28(36)33-15-13-32(2)14-16-33/h3-12,17H,13-16,18H2,1-2H3,(H,30,35). The van der Waals surface area contributed by atoms with Gasteiger partial charge in [-0.1, -0.05) is 53.7 Å². The minimum atomic E-state index is -0.328. The maximum atomic E-state index is 13.2. The number of aromatic nitrogens is 1. The second kappa shape index (κ2) is 11.5. The quantitative estimate of drug-likeness (QED) is 0.254.